The molecule has 2 aromatic heterocycles. The van der Waals surface area contributed by atoms with Crippen LogP contribution < -0.4 is 10.9 Å². The number of hydrogen-bond acceptors (Lipinski definition) is 5. The second-order valence-electron chi connectivity index (χ2n) is 7.61. The van der Waals surface area contributed by atoms with E-state index in [1.165, 1.54) is 12.8 Å². The molecule has 27 heavy (non-hydrogen) atoms. The van der Waals surface area contributed by atoms with Crippen molar-refractivity contribution in [2.45, 2.75) is 32.7 Å². The van der Waals surface area contributed by atoms with Crippen LogP contribution in [0.2, 0.25) is 0 Å². The van der Waals surface area contributed by atoms with Gasteiger partial charge >= 0.3 is 0 Å². The summed E-state index contributed by atoms with van der Waals surface area (Å²) in [7, 11) is 0. The van der Waals surface area contributed by atoms with E-state index in [1.54, 1.807) is 10.9 Å². The van der Waals surface area contributed by atoms with Crippen LogP contribution in [0, 0.1) is 5.92 Å². The quantitative estimate of drug-likeness (QED) is 0.701. The van der Waals surface area contributed by atoms with E-state index in [-0.39, 0.29) is 5.56 Å². The van der Waals surface area contributed by atoms with Crippen molar-refractivity contribution in [3.05, 3.63) is 46.9 Å². The number of para-hydroxylation sites is 1. The summed E-state index contributed by atoms with van der Waals surface area (Å²) < 4.78 is 1.70. The van der Waals surface area contributed by atoms with Crippen molar-refractivity contribution in [2.75, 3.05) is 25.0 Å². The van der Waals surface area contributed by atoms with Crippen LogP contribution in [0.25, 0.3) is 16.7 Å². The molecule has 3 aromatic rings. The molecule has 0 radical (unpaired) electrons. The van der Waals surface area contributed by atoms with Crippen LogP contribution >= 0.6 is 0 Å². The van der Waals surface area contributed by atoms with Gasteiger partial charge in [0, 0.05) is 19.1 Å². The molecule has 1 atom stereocenters. The summed E-state index contributed by atoms with van der Waals surface area (Å²) in [5.74, 6) is 1.15. The number of H-pyrrole nitrogens is 1. The van der Waals surface area contributed by atoms with Gasteiger partial charge < -0.3 is 5.32 Å². The molecular weight excluding hydrogens is 340 g/mol. The number of hydrogen-bond donors (Lipinski definition) is 2. The summed E-state index contributed by atoms with van der Waals surface area (Å²) in [6, 6.07) is 10.2. The number of nitrogens with one attached hydrogen (secondary N) is 2. The summed E-state index contributed by atoms with van der Waals surface area (Å²) in [5.41, 5.74) is 1.28. The summed E-state index contributed by atoms with van der Waals surface area (Å²) in [5, 5.41) is 8.18. The minimum absolute atomic E-state index is 0.171. The summed E-state index contributed by atoms with van der Waals surface area (Å²) >= 11 is 0. The molecule has 0 saturated carbocycles. The molecule has 0 aliphatic carbocycles. The van der Waals surface area contributed by atoms with E-state index in [0.29, 0.717) is 28.9 Å². The summed E-state index contributed by atoms with van der Waals surface area (Å²) in [4.78, 5) is 22.5. The van der Waals surface area contributed by atoms with Gasteiger partial charge in [-0.2, -0.15) is 10.1 Å². The molecule has 1 aliphatic rings. The van der Waals surface area contributed by atoms with E-state index in [4.69, 9.17) is 0 Å². The zero-order valence-corrected chi connectivity index (χ0v) is 15.9. The maximum Gasteiger partial charge on any atom is 0.263 e. The highest BCUT2D eigenvalue weighted by Crippen LogP contribution is 2.19. The third-order valence-corrected chi connectivity index (χ3v) is 5.04. The Bertz CT molecular complexity index is 962. The highest BCUT2D eigenvalue weighted by Gasteiger charge is 2.24. The molecule has 7 nitrogen and oxygen atoms in total. The SMILES string of the molecule is CC(C)CN1CCC[C@@H]1CNc1nc2c(cnn2-c2ccccc2)c(=O)[nH]1. The predicted octanol–water partition coefficient (Wildman–Crippen LogP) is 2.64. The molecular formula is C20H26N6O. The molecule has 1 saturated heterocycles. The fourth-order valence-electron chi connectivity index (χ4n) is 3.81. The van der Waals surface area contributed by atoms with Gasteiger partial charge in [0.2, 0.25) is 5.95 Å². The van der Waals surface area contributed by atoms with Crippen LogP contribution in [0.5, 0.6) is 0 Å². The van der Waals surface area contributed by atoms with Gasteiger partial charge in [-0.05, 0) is 37.4 Å². The third-order valence-electron chi connectivity index (χ3n) is 5.04. The average Bonchev–Trinajstić information content (AvgIpc) is 3.27. The normalized spacial score (nSPS) is 17.8. The van der Waals surface area contributed by atoms with Crippen molar-refractivity contribution in [3.8, 4) is 5.69 Å². The van der Waals surface area contributed by atoms with E-state index < -0.39 is 0 Å². The van der Waals surface area contributed by atoms with Crippen molar-refractivity contribution in [1.29, 1.82) is 0 Å². The second kappa shape index (κ2) is 7.52. The molecule has 1 aliphatic heterocycles. The molecule has 4 rings (SSSR count). The Morgan fingerprint density at radius 2 is 2.11 bits per heavy atom. The first-order valence-corrected chi connectivity index (χ1v) is 9.63. The average molecular weight is 366 g/mol. The fraction of sp³-hybridized carbons (Fsp3) is 0.450. The third kappa shape index (κ3) is 3.73. The Hall–Kier alpha value is -2.67. The largest absolute Gasteiger partial charge is 0.354 e. The molecule has 0 amide bonds. The van der Waals surface area contributed by atoms with Crippen LogP contribution in [-0.4, -0.2) is 50.3 Å². The standard InChI is InChI=1S/C20H26N6O/c1-14(2)13-25-10-6-9-16(25)11-21-20-23-18-17(19(27)24-20)12-22-26(18)15-7-4-3-5-8-15/h3-5,7-8,12,14,16H,6,9-11,13H2,1-2H3,(H2,21,23,24,27)/t16-/m1/s1. The van der Waals surface area contributed by atoms with Crippen LogP contribution in [-0.2, 0) is 0 Å². The minimum atomic E-state index is -0.171. The summed E-state index contributed by atoms with van der Waals surface area (Å²) in [6.45, 7) is 7.53. The molecule has 1 aromatic carbocycles. The molecule has 142 valence electrons. The van der Waals surface area contributed by atoms with E-state index in [0.717, 1.165) is 25.3 Å². The van der Waals surface area contributed by atoms with Gasteiger partial charge in [-0.1, -0.05) is 32.0 Å². The first-order valence-electron chi connectivity index (χ1n) is 9.63. The smallest absolute Gasteiger partial charge is 0.263 e. The number of nitrogens with zero attached hydrogens (tertiary/aromatic N) is 4. The summed E-state index contributed by atoms with van der Waals surface area (Å²) in [6.07, 6.45) is 3.97. The Labute approximate surface area is 158 Å². The van der Waals surface area contributed by atoms with Gasteiger partial charge in [0.05, 0.1) is 11.9 Å². The van der Waals surface area contributed by atoms with Gasteiger partial charge in [0.1, 0.15) is 5.39 Å². The predicted molar refractivity (Wildman–Crippen MR) is 107 cm³/mol. The Kier molecular flexibility index (Phi) is 4.94. The van der Waals surface area contributed by atoms with Crippen molar-refractivity contribution in [1.82, 2.24) is 24.6 Å². The lowest BCUT2D eigenvalue weighted by Gasteiger charge is -2.26. The molecule has 2 N–H and O–H groups in total. The molecule has 0 spiro atoms. The zero-order chi connectivity index (χ0) is 18.8. The second-order valence-corrected chi connectivity index (χ2v) is 7.61. The molecule has 0 bridgehead atoms. The monoisotopic (exact) mass is 366 g/mol. The minimum Gasteiger partial charge on any atom is -0.354 e. The zero-order valence-electron chi connectivity index (χ0n) is 15.9. The van der Waals surface area contributed by atoms with E-state index >= 15 is 0 Å². The van der Waals surface area contributed by atoms with Crippen molar-refractivity contribution in [3.63, 3.8) is 0 Å². The van der Waals surface area contributed by atoms with E-state index in [2.05, 4.69) is 39.1 Å². The number of aromatic amines is 1. The number of likely N-dealkylation sites (tertiary alicyclic amines) is 1. The van der Waals surface area contributed by atoms with Gasteiger partial charge in [0.25, 0.3) is 5.56 Å². The lowest BCUT2D eigenvalue weighted by Crippen LogP contribution is -2.37. The van der Waals surface area contributed by atoms with Gasteiger partial charge in [-0.15, -0.1) is 0 Å². The van der Waals surface area contributed by atoms with Crippen molar-refractivity contribution < 1.29 is 0 Å². The Balaban J connectivity index is 1.57. The van der Waals surface area contributed by atoms with E-state index in [9.17, 15) is 4.79 Å². The Morgan fingerprint density at radius 1 is 1.30 bits per heavy atom. The molecule has 0 unspecified atom stereocenters. The number of rotatable bonds is 6. The maximum atomic E-state index is 12.5. The molecule has 1 fully saturated rings. The van der Waals surface area contributed by atoms with Crippen LogP contribution in [0.3, 0.4) is 0 Å². The topological polar surface area (TPSA) is 78.8 Å². The van der Waals surface area contributed by atoms with Crippen molar-refractivity contribution >= 4 is 17.0 Å². The van der Waals surface area contributed by atoms with Gasteiger partial charge in [0.15, 0.2) is 5.65 Å². The van der Waals surface area contributed by atoms with Crippen LogP contribution in [0.4, 0.5) is 5.95 Å². The number of aromatic nitrogens is 4. The highest BCUT2D eigenvalue weighted by atomic mass is 16.1. The fourth-order valence-corrected chi connectivity index (χ4v) is 3.81. The van der Waals surface area contributed by atoms with Gasteiger partial charge in [-0.25, -0.2) is 4.68 Å². The highest BCUT2D eigenvalue weighted by molar-refractivity contribution is 5.76. The molecule has 7 heteroatoms. The van der Waals surface area contributed by atoms with E-state index in [1.807, 2.05) is 30.3 Å². The van der Waals surface area contributed by atoms with Crippen LogP contribution in [0.1, 0.15) is 26.7 Å². The lowest BCUT2D eigenvalue weighted by atomic mass is 10.1. The first kappa shape index (κ1) is 17.7. The van der Waals surface area contributed by atoms with Crippen molar-refractivity contribution in [2.24, 2.45) is 5.92 Å². The lowest BCUT2D eigenvalue weighted by molar-refractivity contribution is 0.234. The number of anilines is 1. The first-order chi connectivity index (χ1) is 13.1. The number of benzene rings is 1. The molecule has 3 heterocycles. The maximum absolute atomic E-state index is 12.5. The number of fused-ring (bicyclic) bond motifs is 1. The van der Waals surface area contributed by atoms with Gasteiger partial charge in [-0.3, -0.25) is 14.7 Å². The Morgan fingerprint density at radius 3 is 2.89 bits per heavy atom. The van der Waals surface area contributed by atoms with Crippen LogP contribution in [0.15, 0.2) is 41.3 Å².